The molecule has 0 bridgehead atoms. The molecule has 1 aromatic carbocycles. The van der Waals surface area contributed by atoms with Crippen molar-refractivity contribution in [1.29, 1.82) is 0 Å². The van der Waals surface area contributed by atoms with Crippen molar-refractivity contribution in [3.8, 4) is 0 Å². The van der Waals surface area contributed by atoms with E-state index in [0.717, 1.165) is 11.3 Å². The van der Waals surface area contributed by atoms with Gasteiger partial charge in [-0.15, -0.1) is 0 Å². The molecule has 0 aliphatic carbocycles. The number of halogens is 1. The quantitative estimate of drug-likeness (QED) is 0.807. The predicted molar refractivity (Wildman–Crippen MR) is 100 cm³/mol. The molecule has 1 N–H and O–H groups in total. The Kier molecular flexibility index (Phi) is 6.25. The Morgan fingerprint density at radius 2 is 1.96 bits per heavy atom. The van der Waals surface area contributed by atoms with Crippen LogP contribution in [0.25, 0.3) is 0 Å². The van der Waals surface area contributed by atoms with E-state index in [0.29, 0.717) is 37.6 Å². The third kappa shape index (κ3) is 5.04. The van der Waals surface area contributed by atoms with E-state index in [9.17, 15) is 4.79 Å². The number of carbonyl (C=O) groups excluding carboxylic acids is 1. The number of aromatic nitrogens is 1. The van der Waals surface area contributed by atoms with Crippen LogP contribution in [-0.2, 0) is 20.7 Å². The van der Waals surface area contributed by atoms with Gasteiger partial charge in [0.05, 0.1) is 19.1 Å². The highest BCUT2D eigenvalue weighted by molar-refractivity contribution is 6.30. The maximum atomic E-state index is 12.9. The Hall–Kier alpha value is -1.95. The molecule has 2 aromatic rings. The van der Waals surface area contributed by atoms with Crippen LogP contribution in [0.4, 0.5) is 0 Å². The first-order valence-electron chi connectivity index (χ1n) is 8.77. The summed E-state index contributed by atoms with van der Waals surface area (Å²) in [6.45, 7) is 3.58. The molecule has 0 saturated carbocycles. The lowest BCUT2D eigenvalue weighted by Crippen LogP contribution is -2.36. The fourth-order valence-corrected chi connectivity index (χ4v) is 3.15. The van der Waals surface area contributed by atoms with Crippen LogP contribution in [-0.4, -0.2) is 36.4 Å². The zero-order valence-corrected chi connectivity index (χ0v) is 15.5. The van der Waals surface area contributed by atoms with E-state index in [1.807, 2.05) is 37.3 Å². The highest BCUT2D eigenvalue weighted by atomic mass is 35.5. The van der Waals surface area contributed by atoms with Gasteiger partial charge < -0.3 is 14.8 Å². The topological polar surface area (TPSA) is 60.5 Å². The van der Waals surface area contributed by atoms with E-state index >= 15 is 0 Å². The normalized spacial score (nSPS) is 17.0. The molecule has 0 spiro atoms. The van der Waals surface area contributed by atoms with Crippen LogP contribution < -0.4 is 5.32 Å². The van der Waals surface area contributed by atoms with Crippen molar-refractivity contribution in [2.24, 2.45) is 0 Å². The van der Waals surface area contributed by atoms with Crippen molar-refractivity contribution in [1.82, 2.24) is 10.3 Å². The molecule has 1 aliphatic heterocycles. The van der Waals surface area contributed by atoms with Gasteiger partial charge in [-0.25, -0.2) is 0 Å². The van der Waals surface area contributed by atoms with E-state index in [1.165, 1.54) is 0 Å². The first-order valence-corrected chi connectivity index (χ1v) is 9.14. The zero-order valence-electron chi connectivity index (χ0n) is 14.8. The number of hydrogen-bond acceptors (Lipinski definition) is 4. The van der Waals surface area contributed by atoms with E-state index in [2.05, 4.69) is 10.3 Å². The summed E-state index contributed by atoms with van der Waals surface area (Å²) in [5.74, 6) is -0.982. The summed E-state index contributed by atoms with van der Waals surface area (Å²) >= 11 is 5.99. The number of nitrogens with one attached hydrogen (secondary N) is 1. The third-order valence-corrected chi connectivity index (χ3v) is 4.76. The second-order valence-electron chi connectivity index (χ2n) is 6.50. The van der Waals surface area contributed by atoms with Gasteiger partial charge in [-0.05, 0) is 36.8 Å². The molecular formula is C20H23ClN2O3. The lowest BCUT2D eigenvalue weighted by molar-refractivity contribution is -0.146. The molecular weight excluding hydrogens is 352 g/mol. The number of nitrogens with zero attached hydrogens (tertiary/aromatic N) is 1. The van der Waals surface area contributed by atoms with Gasteiger partial charge >= 0.3 is 0 Å². The summed E-state index contributed by atoms with van der Waals surface area (Å²) in [7, 11) is 0. The van der Waals surface area contributed by atoms with E-state index in [-0.39, 0.29) is 11.8 Å². The van der Waals surface area contributed by atoms with Crippen LogP contribution in [0.1, 0.15) is 30.5 Å². The lowest BCUT2D eigenvalue weighted by Gasteiger charge is -2.23. The predicted octanol–water partition coefficient (Wildman–Crippen LogP) is 3.33. The van der Waals surface area contributed by atoms with Crippen LogP contribution in [0.3, 0.4) is 0 Å². The first-order chi connectivity index (χ1) is 12.6. The molecule has 1 amide bonds. The Bertz CT molecular complexity index is 716. The Labute approximate surface area is 158 Å². The highest BCUT2D eigenvalue weighted by Crippen LogP contribution is 2.24. The van der Waals surface area contributed by atoms with Gasteiger partial charge in [0, 0.05) is 36.3 Å². The molecule has 138 valence electrons. The third-order valence-electron chi connectivity index (χ3n) is 4.50. The summed E-state index contributed by atoms with van der Waals surface area (Å²) in [6.07, 6.45) is 2.87. The summed E-state index contributed by atoms with van der Waals surface area (Å²) < 4.78 is 11.2. The SMILES string of the molecule is CC1(CCNC(=O)C(Cc2ccccn2)c2ccc(Cl)cc2)OCCO1. The van der Waals surface area contributed by atoms with Crippen molar-refractivity contribution in [2.75, 3.05) is 19.8 Å². The minimum atomic E-state index is -0.607. The van der Waals surface area contributed by atoms with Gasteiger partial charge in [-0.1, -0.05) is 29.8 Å². The number of rotatable bonds is 7. The Morgan fingerprint density at radius 3 is 2.62 bits per heavy atom. The van der Waals surface area contributed by atoms with Crippen molar-refractivity contribution in [3.63, 3.8) is 0 Å². The Morgan fingerprint density at radius 1 is 1.23 bits per heavy atom. The van der Waals surface area contributed by atoms with Crippen LogP contribution in [0.2, 0.25) is 5.02 Å². The van der Waals surface area contributed by atoms with Crippen LogP contribution in [0.15, 0.2) is 48.7 Å². The number of pyridine rings is 1. The molecule has 1 atom stereocenters. The number of ether oxygens (including phenoxy) is 2. The number of benzene rings is 1. The summed E-state index contributed by atoms with van der Waals surface area (Å²) in [5.41, 5.74) is 1.79. The number of hydrogen-bond donors (Lipinski definition) is 1. The monoisotopic (exact) mass is 374 g/mol. The van der Waals surface area contributed by atoms with Crippen molar-refractivity contribution in [2.45, 2.75) is 31.5 Å². The molecule has 5 nitrogen and oxygen atoms in total. The van der Waals surface area contributed by atoms with E-state index in [1.54, 1.807) is 18.3 Å². The fourth-order valence-electron chi connectivity index (χ4n) is 3.02. The number of amides is 1. The van der Waals surface area contributed by atoms with Gasteiger partial charge in [0.15, 0.2) is 5.79 Å². The van der Waals surface area contributed by atoms with Crippen molar-refractivity contribution >= 4 is 17.5 Å². The van der Waals surface area contributed by atoms with Crippen LogP contribution in [0.5, 0.6) is 0 Å². The van der Waals surface area contributed by atoms with Gasteiger partial charge in [-0.3, -0.25) is 9.78 Å². The lowest BCUT2D eigenvalue weighted by atomic mass is 9.93. The summed E-state index contributed by atoms with van der Waals surface area (Å²) in [5, 5.41) is 3.66. The molecule has 1 aliphatic rings. The van der Waals surface area contributed by atoms with Gasteiger partial charge in [0.1, 0.15) is 0 Å². The maximum absolute atomic E-state index is 12.9. The standard InChI is InChI=1S/C20H23ClN2O3/c1-20(25-12-13-26-20)9-11-23-19(24)18(14-17-4-2-3-10-22-17)15-5-7-16(21)8-6-15/h2-8,10,18H,9,11-14H2,1H3,(H,23,24). The molecule has 1 fully saturated rings. The van der Waals surface area contributed by atoms with E-state index < -0.39 is 5.79 Å². The average Bonchev–Trinajstić information content (AvgIpc) is 3.08. The second-order valence-corrected chi connectivity index (χ2v) is 6.94. The summed E-state index contributed by atoms with van der Waals surface area (Å²) in [6, 6.07) is 13.1. The maximum Gasteiger partial charge on any atom is 0.227 e. The van der Waals surface area contributed by atoms with Crippen molar-refractivity contribution in [3.05, 3.63) is 64.9 Å². The van der Waals surface area contributed by atoms with Gasteiger partial charge in [0.2, 0.25) is 5.91 Å². The molecule has 3 rings (SSSR count). The van der Waals surface area contributed by atoms with Crippen molar-refractivity contribution < 1.29 is 14.3 Å². The number of carbonyl (C=O) groups is 1. The first kappa shape index (κ1) is 18.8. The molecule has 1 unspecified atom stereocenters. The minimum absolute atomic E-state index is 0.0421. The summed E-state index contributed by atoms with van der Waals surface area (Å²) in [4.78, 5) is 17.2. The van der Waals surface area contributed by atoms with Crippen LogP contribution in [0, 0.1) is 0 Å². The molecule has 6 heteroatoms. The van der Waals surface area contributed by atoms with Gasteiger partial charge in [-0.2, -0.15) is 0 Å². The minimum Gasteiger partial charge on any atom is -0.355 e. The second kappa shape index (κ2) is 8.62. The van der Waals surface area contributed by atoms with Gasteiger partial charge in [0.25, 0.3) is 0 Å². The molecule has 2 heterocycles. The van der Waals surface area contributed by atoms with Crippen LogP contribution >= 0.6 is 11.6 Å². The molecule has 1 saturated heterocycles. The smallest absolute Gasteiger partial charge is 0.227 e. The average molecular weight is 375 g/mol. The zero-order chi connectivity index (χ0) is 18.4. The Balaban J connectivity index is 1.67. The largest absolute Gasteiger partial charge is 0.355 e. The molecule has 1 aromatic heterocycles. The highest BCUT2D eigenvalue weighted by Gasteiger charge is 2.31. The molecule has 26 heavy (non-hydrogen) atoms. The molecule has 0 radical (unpaired) electrons. The van der Waals surface area contributed by atoms with E-state index in [4.69, 9.17) is 21.1 Å². The fraction of sp³-hybridized carbons (Fsp3) is 0.400.